The van der Waals surface area contributed by atoms with E-state index in [0.717, 1.165) is 29.5 Å². The molecule has 0 aliphatic heterocycles. The van der Waals surface area contributed by atoms with E-state index in [2.05, 4.69) is 25.0 Å². The van der Waals surface area contributed by atoms with Crippen LogP contribution in [0.25, 0.3) is 11.3 Å². The third kappa shape index (κ3) is 6.35. The summed E-state index contributed by atoms with van der Waals surface area (Å²) in [6.07, 6.45) is 4.07. The summed E-state index contributed by atoms with van der Waals surface area (Å²) >= 11 is 0. The smallest absolute Gasteiger partial charge is 0.229 e. The van der Waals surface area contributed by atoms with E-state index >= 15 is 0 Å². The third-order valence-electron chi connectivity index (χ3n) is 4.57. The van der Waals surface area contributed by atoms with Crippen molar-refractivity contribution in [2.45, 2.75) is 26.7 Å². The minimum Gasteiger partial charge on any atom is -0.370 e. The summed E-state index contributed by atoms with van der Waals surface area (Å²) in [5.74, 6) is 0.469. The van der Waals surface area contributed by atoms with Crippen LogP contribution < -0.4 is 15.8 Å². The van der Waals surface area contributed by atoms with Crippen LogP contribution in [0.4, 0.5) is 21.8 Å². The molecule has 0 aliphatic rings. The molecule has 0 saturated heterocycles. The summed E-state index contributed by atoms with van der Waals surface area (Å²) < 4.78 is 38.6. The average molecular weight is 445 g/mol. The monoisotopic (exact) mass is 444 g/mol. The largest absolute Gasteiger partial charge is 0.370 e. The predicted octanol–water partition coefficient (Wildman–Crippen LogP) is 3.29. The summed E-state index contributed by atoms with van der Waals surface area (Å²) in [6, 6.07) is 8.50. The number of benzene rings is 1. The highest BCUT2D eigenvalue weighted by Gasteiger charge is 2.10. The normalized spacial score (nSPS) is 11.4. The number of anilines is 3. The summed E-state index contributed by atoms with van der Waals surface area (Å²) in [6.45, 7) is 4.16. The average Bonchev–Trinajstić information content (AvgIpc) is 2.68. The molecule has 8 nitrogen and oxygen atoms in total. The highest BCUT2D eigenvalue weighted by molar-refractivity contribution is 7.92. The fourth-order valence-electron chi connectivity index (χ4n) is 3.08. The fraction of sp³-hybridized carbons (Fsp3) is 0.286. The lowest BCUT2D eigenvalue weighted by atomic mass is 10.0. The molecule has 4 N–H and O–H groups in total. The number of nitrogen functional groups attached to an aromatic ring is 1. The van der Waals surface area contributed by atoms with Gasteiger partial charge in [0.1, 0.15) is 11.6 Å². The minimum absolute atomic E-state index is 0.136. The molecule has 2 aromatic heterocycles. The maximum Gasteiger partial charge on any atom is 0.229 e. The first kappa shape index (κ1) is 22.4. The molecule has 0 bridgehead atoms. The van der Waals surface area contributed by atoms with Crippen LogP contribution >= 0.6 is 0 Å². The van der Waals surface area contributed by atoms with Crippen LogP contribution in [0.2, 0.25) is 0 Å². The number of hydrogen-bond acceptors (Lipinski definition) is 7. The van der Waals surface area contributed by atoms with Gasteiger partial charge in [0, 0.05) is 23.9 Å². The maximum absolute atomic E-state index is 13.8. The Morgan fingerprint density at radius 1 is 1.10 bits per heavy atom. The number of nitrogens with two attached hydrogens (primary N) is 1. The second kappa shape index (κ2) is 9.25. The van der Waals surface area contributed by atoms with E-state index in [1.54, 1.807) is 31.2 Å². The van der Waals surface area contributed by atoms with Crippen molar-refractivity contribution in [2.24, 2.45) is 0 Å². The van der Waals surface area contributed by atoms with Crippen LogP contribution in [0.3, 0.4) is 0 Å². The molecule has 31 heavy (non-hydrogen) atoms. The molecule has 2 heterocycles. The summed E-state index contributed by atoms with van der Waals surface area (Å²) in [5, 5.41) is 3.23. The van der Waals surface area contributed by atoms with Gasteiger partial charge in [0.15, 0.2) is 0 Å². The molecule has 0 amide bonds. The van der Waals surface area contributed by atoms with Crippen molar-refractivity contribution in [2.75, 3.05) is 28.6 Å². The number of aryl methyl sites for hydroxylation is 3. The van der Waals surface area contributed by atoms with Crippen LogP contribution in [0.5, 0.6) is 0 Å². The summed E-state index contributed by atoms with van der Waals surface area (Å²) in [4.78, 5) is 12.8. The zero-order valence-corrected chi connectivity index (χ0v) is 18.4. The molecular formula is C21H25FN6O2S. The van der Waals surface area contributed by atoms with Gasteiger partial charge < -0.3 is 11.1 Å². The van der Waals surface area contributed by atoms with Crippen molar-refractivity contribution in [3.05, 3.63) is 59.2 Å². The Morgan fingerprint density at radius 3 is 2.55 bits per heavy atom. The molecule has 3 aromatic rings. The molecular weight excluding hydrogens is 419 g/mol. The highest BCUT2D eigenvalue weighted by atomic mass is 32.2. The molecule has 3 rings (SSSR count). The Bertz CT molecular complexity index is 1180. The van der Waals surface area contributed by atoms with Crippen molar-refractivity contribution < 1.29 is 12.8 Å². The summed E-state index contributed by atoms with van der Waals surface area (Å²) in [5.41, 5.74) is 9.90. The number of sulfonamides is 1. The van der Waals surface area contributed by atoms with Crippen LogP contribution in [0.15, 0.2) is 36.5 Å². The molecule has 10 heteroatoms. The lowest BCUT2D eigenvalue weighted by molar-refractivity contribution is 0.606. The van der Waals surface area contributed by atoms with E-state index in [0.29, 0.717) is 35.7 Å². The van der Waals surface area contributed by atoms with Gasteiger partial charge in [-0.1, -0.05) is 0 Å². The third-order valence-corrected chi connectivity index (χ3v) is 5.18. The predicted molar refractivity (Wildman–Crippen MR) is 121 cm³/mol. The Kier molecular flexibility index (Phi) is 6.69. The SMILES string of the molecule is Cc1cc(-c2cc(NCCCc3ccc(NS(C)(=O)=O)cn3)nc(N)n2)c(C)cc1F. The summed E-state index contributed by atoms with van der Waals surface area (Å²) in [7, 11) is -3.32. The van der Waals surface area contributed by atoms with Crippen molar-refractivity contribution in [1.82, 2.24) is 15.0 Å². The molecule has 0 saturated carbocycles. The van der Waals surface area contributed by atoms with Crippen LogP contribution in [-0.2, 0) is 16.4 Å². The van der Waals surface area contributed by atoms with E-state index in [4.69, 9.17) is 5.73 Å². The molecule has 0 aliphatic carbocycles. The first-order chi connectivity index (χ1) is 14.6. The first-order valence-corrected chi connectivity index (χ1v) is 11.6. The van der Waals surface area contributed by atoms with Crippen molar-refractivity contribution in [3.8, 4) is 11.3 Å². The fourth-order valence-corrected chi connectivity index (χ4v) is 3.63. The number of aromatic nitrogens is 3. The molecule has 0 atom stereocenters. The molecule has 0 spiro atoms. The number of nitrogens with zero attached hydrogens (tertiary/aromatic N) is 3. The van der Waals surface area contributed by atoms with E-state index in [9.17, 15) is 12.8 Å². The maximum atomic E-state index is 13.8. The Morgan fingerprint density at radius 2 is 1.87 bits per heavy atom. The van der Waals surface area contributed by atoms with Crippen molar-refractivity contribution >= 4 is 27.5 Å². The van der Waals surface area contributed by atoms with E-state index in [1.807, 2.05) is 6.92 Å². The molecule has 0 radical (unpaired) electrons. The van der Waals surface area contributed by atoms with Crippen molar-refractivity contribution in [1.29, 1.82) is 0 Å². The Labute approximate surface area is 181 Å². The zero-order valence-electron chi connectivity index (χ0n) is 17.6. The molecule has 164 valence electrons. The second-order valence-corrected chi connectivity index (χ2v) is 9.10. The van der Waals surface area contributed by atoms with Gasteiger partial charge in [0.2, 0.25) is 16.0 Å². The van der Waals surface area contributed by atoms with Gasteiger partial charge in [-0.05, 0) is 62.1 Å². The lowest BCUT2D eigenvalue weighted by Gasteiger charge is -2.11. The quantitative estimate of drug-likeness (QED) is 0.456. The van der Waals surface area contributed by atoms with Gasteiger partial charge in [-0.25, -0.2) is 17.8 Å². The van der Waals surface area contributed by atoms with Gasteiger partial charge in [0.25, 0.3) is 0 Å². The molecule has 0 fully saturated rings. The Hall–Kier alpha value is -3.27. The zero-order chi connectivity index (χ0) is 22.6. The lowest BCUT2D eigenvalue weighted by Crippen LogP contribution is -2.10. The first-order valence-electron chi connectivity index (χ1n) is 9.69. The molecule has 1 aromatic carbocycles. The highest BCUT2D eigenvalue weighted by Crippen LogP contribution is 2.26. The van der Waals surface area contributed by atoms with E-state index < -0.39 is 10.0 Å². The van der Waals surface area contributed by atoms with Crippen LogP contribution in [-0.4, -0.2) is 36.2 Å². The topological polar surface area (TPSA) is 123 Å². The van der Waals surface area contributed by atoms with Gasteiger partial charge in [-0.3, -0.25) is 9.71 Å². The minimum atomic E-state index is -3.32. The van der Waals surface area contributed by atoms with Gasteiger partial charge in [0.05, 0.1) is 23.8 Å². The van der Waals surface area contributed by atoms with Gasteiger partial charge in [-0.15, -0.1) is 0 Å². The second-order valence-electron chi connectivity index (χ2n) is 7.36. The number of halogens is 1. The Balaban J connectivity index is 1.61. The van der Waals surface area contributed by atoms with E-state index in [-0.39, 0.29) is 11.8 Å². The number of pyridine rings is 1. The standard InChI is InChI=1S/C21H25FN6O2S/c1-13-10-18(22)14(2)9-17(13)19-11-20(27-21(23)26-19)24-8-4-5-15-6-7-16(12-25-15)28-31(3,29)30/h6-7,9-12,28H,4-5,8H2,1-3H3,(H3,23,24,26,27). The van der Waals surface area contributed by atoms with Crippen LogP contribution in [0, 0.1) is 19.7 Å². The number of nitrogens with one attached hydrogen (secondary N) is 2. The van der Waals surface area contributed by atoms with E-state index in [1.165, 1.54) is 12.3 Å². The number of rotatable bonds is 8. The number of hydrogen-bond donors (Lipinski definition) is 3. The van der Waals surface area contributed by atoms with Crippen molar-refractivity contribution in [3.63, 3.8) is 0 Å². The van der Waals surface area contributed by atoms with Gasteiger partial charge >= 0.3 is 0 Å². The van der Waals surface area contributed by atoms with Crippen LogP contribution in [0.1, 0.15) is 23.2 Å². The molecule has 0 unspecified atom stereocenters. The van der Waals surface area contributed by atoms with Gasteiger partial charge in [-0.2, -0.15) is 4.98 Å².